The van der Waals surface area contributed by atoms with Crippen LogP contribution in [0.3, 0.4) is 0 Å². The van der Waals surface area contributed by atoms with E-state index in [1.807, 2.05) is 32.9 Å². The van der Waals surface area contributed by atoms with E-state index in [9.17, 15) is 4.79 Å². The maximum absolute atomic E-state index is 10.9. The second-order valence-corrected chi connectivity index (χ2v) is 5.92. The number of aliphatic carboxylic acids is 1. The van der Waals surface area contributed by atoms with Crippen molar-refractivity contribution in [3.8, 4) is 0 Å². The van der Waals surface area contributed by atoms with Gasteiger partial charge in [0, 0.05) is 6.08 Å². The zero-order valence-electron chi connectivity index (χ0n) is 11.8. The van der Waals surface area contributed by atoms with Crippen LogP contribution in [0.5, 0.6) is 0 Å². The molecule has 0 bridgehead atoms. The Morgan fingerprint density at radius 2 is 1.67 bits per heavy atom. The van der Waals surface area contributed by atoms with Crippen molar-refractivity contribution in [2.24, 2.45) is 5.41 Å². The molecule has 2 heteroatoms. The van der Waals surface area contributed by atoms with E-state index >= 15 is 0 Å². The zero-order valence-corrected chi connectivity index (χ0v) is 11.8. The fraction of sp³-hybridized carbons (Fsp3) is 0.438. The van der Waals surface area contributed by atoms with Gasteiger partial charge < -0.3 is 5.11 Å². The Kier molecular flexibility index (Phi) is 4.33. The summed E-state index contributed by atoms with van der Waals surface area (Å²) < 4.78 is 0. The van der Waals surface area contributed by atoms with Crippen LogP contribution in [0.25, 0.3) is 5.57 Å². The first-order chi connectivity index (χ1) is 8.21. The van der Waals surface area contributed by atoms with Gasteiger partial charge in [-0.15, -0.1) is 0 Å². The molecule has 0 aliphatic carbocycles. The molecule has 0 atom stereocenters. The summed E-state index contributed by atoms with van der Waals surface area (Å²) in [5.41, 5.74) is 2.92. The molecule has 0 aliphatic heterocycles. The van der Waals surface area contributed by atoms with Crippen molar-refractivity contribution in [3.05, 3.63) is 41.5 Å². The van der Waals surface area contributed by atoms with Gasteiger partial charge in [0.2, 0.25) is 0 Å². The summed E-state index contributed by atoms with van der Waals surface area (Å²) in [6, 6.07) is 8.16. The molecule has 0 unspecified atom stereocenters. The minimum atomic E-state index is -0.895. The third-order valence-electron chi connectivity index (χ3n) is 2.96. The highest BCUT2D eigenvalue weighted by atomic mass is 16.4. The summed E-state index contributed by atoms with van der Waals surface area (Å²) in [6.45, 7) is 10.4. The van der Waals surface area contributed by atoms with Crippen molar-refractivity contribution >= 4 is 11.5 Å². The molecule has 1 N–H and O–H groups in total. The van der Waals surface area contributed by atoms with Gasteiger partial charge in [0.15, 0.2) is 0 Å². The summed E-state index contributed by atoms with van der Waals surface area (Å²) in [4.78, 5) is 10.9. The van der Waals surface area contributed by atoms with Crippen LogP contribution < -0.4 is 0 Å². The summed E-state index contributed by atoms with van der Waals surface area (Å²) >= 11 is 0. The van der Waals surface area contributed by atoms with E-state index in [-0.39, 0.29) is 5.41 Å². The van der Waals surface area contributed by atoms with Crippen LogP contribution in [0, 0.1) is 5.41 Å². The van der Waals surface area contributed by atoms with Crippen LogP contribution in [0.4, 0.5) is 0 Å². The molecule has 1 aromatic rings. The predicted molar refractivity (Wildman–Crippen MR) is 75.6 cm³/mol. The van der Waals surface area contributed by atoms with E-state index in [1.54, 1.807) is 0 Å². The Morgan fingerprint density at radius 3 is 2.00 bits per heavy atom. The van der Waals surface area contributed by atoms with Gasteiger partial charge in [-0.1, -0.05) is 58.9 Å². The largest absolute Gasteiger partial charge is 0.478 e. The second-order valence-electron chi connectivity index (χ2n) is 5.92. The third kappa shape index (κ3) is 3.73. The second kappa shape index (κ2) is 5.38. The van der Waals surface area contributed by atoms with Gasteiger partial charge >= 0.3 is 5.97 Å². The lowest BCUT2D eigenvalue weighted by Gasteiger charge is -2.23. The van der Waals surface area contributed by atoms with Crippen LogP contribution in [0.2, 0.25) is 0 Å². The van der Waals surface area contributed by atoms with Gasteiger partial charge in [0.25, 0.3) is 0 Å². The predicted octanol–water partition coefficient (Wildman–Crippen LogP) is 4.32. The summed E-state index contributed by atoms with van der Waals surface area (Å²) in [7, 11) is 0. The van der Waals surface area contributed by atoms with Crippen LogP contribution in [-0.4, -0.2) is 11.1 Å². The van der Waals surface area contributed by atoms with Gasteiger partial charge in [-0.2, -0.15) is 0 Å². The smallest absolute Gasteiger partial charge is 0.328 e. The number of carboxylic acid groups (broad SMARTS) is 1. The first kappa shape index (κ1) is 14.5. The zero-order chi connectivity index (χ0) is 13.9. The molecule has 98 valence electrons. The number of rotatable bonds is 3. The lowest BCUT2D eigenvalue weighted by atomic mass is 9.81. The maximum Gasteiger partial charge on any atom is 0.328 e. The monoisotopic (exact) mass is 246 g/mol. The quantitative estimate of drug-likeness (QED) is 0.806. The molecule has 0 heterocycles. The van der Waals surface area contributed by atoms with Crippen molar-refractivity contribution in [2.75, 3.05) is 0 Å². The molecule has 18 heavy (non-hydrogen) atoms. The molecule has 0 amide bonds. The molecule has 0 fully saturated rings. The molecule has 1 aromatic carbocycles. The molecule has 1 rings (SSSR count). The Bertz CT molecular complexity index is 445. The van der Waals surface area contributed by atoms with Crippen LogP contribution in [0.1, 0.15) is 51.7 Å². The van der Waals surface area contributed by atoms with E-state index in [2.05, 4.69) is 26.0 Å². The van der Waals surface area contributed by atoms with Crippen molar-refractivity contribution in [1.82, 2.24) is 0 Å². The standard InChI is InChI=1S/C16H22O2/c1-11(2)12-6-8-13(9-7-12)14(10-15(17)18)16(3,4)5/h6-11H,1-5H3,(H,17,18)/b14-10-. The molecular weight excluding hydrogens is 224 g/mol. The van der Waals surface area contributed by atoms with Crippen molar-refractivity contribution in [3.63, 3.8) is 0 Å². The average molecular weight is 246 g/mol. The lowest BCUT2D eigenvalue weighted by Crippen LogP contribution is -2.10. The molecule has 0 aliphatic rings. The van der Waals surface area contributed by atoms with E-state index in [0.29, 0.717) is 5.92 Å². The van der Waals surface area contributed by atoms with Gasteiger partial charge in [0.1, 0.15) is 0 Å². The first-order valence-corrected chi connectivity index (χ1v) is 6.27. The van der Waals surface area contributed by atoms with Crippen LogP contribution in [-0.2, 0) is 4.79 Å². The number of allylic oxidation sites excluding steroid dienone is 1. The van der Waals surface area contributed by atoms with E-state index in [0.717, 1.165) is 11.1 Å². The Labute approximate surface area is 109 Å². The Balaban J connectivity index is 3.19. The number of carboxylic acids is 1. The summed E-state index contributed by atoms with van der Waals surface area (Å²) in [5.74, 6) is -0.409. The highest BCUT2D eigenvalue weighted by Gasteiger charge is 2.20. The third-order valence-corrected chi connectivity index (χ3v) is 2.96. The number of carbonyl (C=O) groups is 1. The highest BCUT2D eigenvalue weighted by molar-refractivity contribution is 5.91. The van der Waals surface area contributed by atoms with Crippen LogP contribution >= 0.6 is 0 Å². The van der Waals surface area contributed by atoms with Crippen molar-refractivity contribution in [2.45, 2.75) is 40.5 Å². The molecular formula is C16H22O2. The molecule has 0 radical (unpaired) electrons. The van der Waals surface area contributed by atoms with Crippen LogP contribution in [0.15, 0.2) is 30.3 Å². The molecule has 0 saturated heterocycles. The summed E-state index contributed by atoms with van der Waals surface area (Å²) in [5, 5.41) is 8.97. The molecule has 0 spiro atoms. The number of hydrogen-bond acceptors (Lipinski definition) is 1. The molecule has 2 nitrogen and oxygen atoms in total. The normalized spacial score (nSPS) is 12.9. The highest BCUT2D eigenvalue weighted by Crippen LogP contribution is 2.34. The van der Waals surface area contributed by atoms with E-state index in [4.69, 9.17) is 5.11 Å². The number of benzene rings is 1. The molecule has 0 saturated carbocycles. The van der Waals surface area contributed by atoms with Gasteiger partial charge in [-0.3, -0.25) is 0 Å². The summed E-state index contributed by atoms with van der Waals surface area (Å²) in [6.07, 6.45) is 1.31. The van der Waals surface area contributed by atoms with Crippen molar-refractivity contribution < 1.29 is 9.90 Å². The van der Waals surface area contributed by atoms with E-state index in [1.165, 1.54) is 11.6 Å². The fourth-order valence-electron chi connectivity index (χ4n) is 1.90. The first-order valence-electron chi connectivity index (χ1n) is 6.27. The van der Waals surface area contributed by atoms with Gasteiger partial charge in [-0.05, 0) is 28.0 Å². The Hall–Kier alpha value is -1.57. The maximum atomic E-state index is 10.9. The minimum Gasteiger partial charge on any atom is -0.478 e. The molecule has 0 aromatic heterocycles. The van der Waals surface area contributed by atoms with Crippen molar-refractivity contribution in [1.29, 1.82) is 0 Å². The topological polar surface area (TPSA) is 37.3 Å². The minimum absolute atomic E-state index is 0.183. The number of hydrogen-bond donors (Lipinski definition) is 1. The lowest BCUT2D eigenvalue weighted by molar-refractivity contribution is -0.131. The SMILES string of the molecule is CC(C)c1ccc(/C(=C/C(=O)O)C(C)(C)C)cc1. The van der Waals surface area contributed by atoms with Gasteiger partial charge in [-0.25, -0.2) is 4.79 Å². The average Bonchev–Trinajstić information content (AvgIpc) is 2.24. The van der Waals surface area contributed by atoms with E-state index < -0.39 is 5.97 Å². The fourth-order valence-corrected chi connectivity index (χ4v) is 1.90. The van der Waals surface area contributed by atoms with Gasteiger partial charge in [0.05, 0.1) is 0 Å². The Morgan fingerprint density at radius 1 is 1.17 bits per heavy atom.